The highest BCUT2D eigenvalue weighted by Gasteiger charge is 2.21. The fourth-order valence-electron chi connectivity index (χ4n) is 1.14. The van der Waals surface area contributed by atoms with Gasteiger partial charge in [0, 0.05) is 0 Å². The number of carbonyl (C=O) groups is 1. The number of rotatable bonds is 5. The molecule has 1 aliphatic rings. The Kier molecular flexibility index (Phi) is 2.96. The van der Waals surface area contributed by atoms with Crippen molar-refractivity contribution in [1.29, 1.82) is 0 Å². The molecule has 0 radical (unpaired) electrons. The minimum Gasteiger partial charge on any atom is -0.463 e. The first kappa shape index (κ1) is 10.1. The van der Waals surface area contributed by atoms with Crippen LogP contribution in [0.2, 0.25) is 0 Å². The zero-order valence-corrected chi connectivity index (χ0v) is 8.55. The van der Waals surface area contributed by atoms with Gasteiger partial charge in [-0.3, -0.25) is 0 Å². The molecule has 6 heteroatoms. The van der Waals surface area contributed by atoms with Crippen molar-refractivity contribution in [3.8, 4) is 0 Å². The molecule has 1 heterocycles. The van der Waals surface area contributed by atoms with E-state index in [0.717, 1.165) is 6.61 Å². The summed E-state index contributed by atoms with van der Waals surface area (Å²) in [5, 5.41) is 3.90. The lowest BCUT2D eigenvalue weighted by Gasteiger charge is -2.01. The second-order valence-electron chi connectivity index (χ2n) is 3.54. The molecule has 1 aliphatic carbocycles. The molecule has 1 saturated carbocycles. The van der Waals surface area contributed by atoms with Crippen LogP contribution in [-0.2, 0) is 16.2 Å². The third-order valence-electron chi connectivity index (χ3n) is 2.18. The number of hydrogen-bond acceptors (Lipinski definition) is 5. The predicted molar refractivity (Wildman–Crippen MR) is 50.0 cm³/mol. The van der Waals surface area contributed by atoms with E-state index in [1.807, 2.05) is 0 Å². The lowest BCUT2D eigenvalue weighted by Crippen LogP contribution is -2.08. The van der Waals surface area contributed by atoms with Crippen LogP contribution >= 0.6 is 0 Å². The van der Waals surface area contributed by atoms with Gasteiger partial charge in [0.05, 0.1) is 13.7 Å². The van der Waals surface area contributed by atoms with Crippen molar-refractivity contribution >= 4 is 5.97 Å². The third-order valence-corrected chi connectivity index (χ3v) is 2.18. The van der Waals surface area contributed by atoms with Gasteiger partial charge in [-0.05, 0) is 18.8 Å². The molecule has 0 aliphatic heterocycles. The van der Waals surface area contributed by atoms with E-state index in [0.29, 0.717) is 12.6 Å². The minimum absolute atomic E-state index is 0.0625. The first-order valence-corrected chi connectivity index (χ1v) is 4.85. The van der Waals surface area contributed by atoms with Crippen LogP contribution in [-0.4, -0.2) is 34.5 Å². The van der Waals surface area contributed by atoms with Crippen LogP contribution in [0.1, 0.15) is 23.5 Å². The van der Waals surface area contributed by atoms with Crippen LogP contribution in [0.5, 0.6) is 0 Å². The van der Waals surface area contributed by atoms with Crippen molar-refractivity contribution in [2.75, 3.05) is 13.7 Å². The van der Waals surface area contributed by atoms with Crippen molar-refractivity contribution in [1.82, 2.24) is 14.8 Å². The quantitative estimate of drug-likeness (QED) is 0.661. The maximum absolute atomic E-state index is 11.0. The van der Waals surface area contributed by atoms with Gasteiger partial charge in [-0.1, -0.05) is 0 Å². The molecular formula is C9H13N3O3. The SMILES string of the molecule is COC(=O)c1ncn(COCC2CC2)n1. The maximum atomic E-state index is 11.0. The van der Waals surface area contributed by atoms with E-state index in [2.05, 4.69) is 14.8 Å². The molecule has 1 aromatic heterocycles. The molecule has 0 N–H and O–H groups in total. The summed E-state index contributed by atoms with van der Waals surface area (Å²) in [4.78, 5) is 14.8. The number of aromatic nitrogens is 3. The lowest BCUT2D eigenvalue weighted by molar-refractivity contribution is 0.0554. The van der Waals surface area contributed by atoms with Crippen molar-refractivity contribution in [3.05, 3.63) is 12.2 Å². The molecule has 6 nitrogen and oxygen atoms in total. The Bertz CT molecular complexity index is 346. The molecule has 1 aromatic rings. The van der Waals surface area contributed by atoms with Gasteiger partial charge in [0.25, 0.3) is 5.82 Å². The predicted octanol–water partition coefficient (Wildman–Crippen LogP) is 0.449. The van der Waals surface area contributed by atoms with E-state index in [9.17, 15) is 4.79 Å². The van der Waals surface area contributed by atoms with Gasteiger partial charge >= 0.3 is 5.97 Å². The van der Waals surface area contributed by atoms with Gasteiger partial charge in [-0.25, -0.2) is 14.5 Å². The van der Waals surface area contributed by atoms with Gasteiger partial charge in [-0.15, -0.1) is 5.10 Å². The number of hydrogen-bond donors (Lipinski definition) is 0. The van der Waals surface area contributed by atoms with Crippen molar-refractivity contribution in [3.63, 3.8) is 0 Å². The molecule has 15 heavy (non-hydrogen) atoms. The average Bonchev–Trinajstić information content (AvgIpc) is 2.94. The Labute approximate surface area is 87.2 Å². The Balaban J connectivity index is 1.80. The number of carbonyl (C=O) groups excluding carboxylic acids is 1. The van der Waals surface area contributed by atoms with Crippen molar-refractivity contribution < 1.29 is 14.3 Å². The fraction of sp³-hybridized carbons (Fsp3) is 0.667. The average molecular weight is 211 g/mol. The molecule has 2 rings (SSSR count). The number of nitrogens with zero attached hydrogens (tertiary/aromatic N) is 3. The van der Waals surface area contributed by atoms with Crippen LogP contribution in [0.4, 0.5) is 0 Å². The van der Waals surface area contributed by atoms with Crippen LogP contribution in [0, 0.1) is 5.92 Å². The molecule has 82 valence electrons. The van der Waals surface area contributed by atoms with Crippen LogP contribution < -0.4 is 0 Å². The zero-order chi connectivity index (χ0) is 10.7. The van der Waals surface area contributed by atoms with Crippen LogP contribution in [0.25, 0.3) is 0 Å². The summed E-state index contributed by atoms with van der Waals surface area (Å²) in [7, 11) is 1.30. The summed E-state index contributed by atoms with van der Waals surface area (Å²) < 4.78 is 11.3. The normalized spacial score (nSPS) is 15.3. The summed E-state index contributed by atoms with van der Waals surface area (Å²) >= 11 is 0. The molecule has 0 aromatic carbocycles. The number of esters is 1. The van der Waals surface area contributed by atoms with Crippen LogP contribution in [0.3, 0.4) is 0 Å². The van der Waals surface area contributed by atoms with E-state index in [1.54, 1.807) is 0 Å². The van der Waals surface area contributed by atoms with Gasteiger partial charge in [0.2, 0.25) is 0 Å². The molecule has 0 bridgehead atoms. The Hall–Kier alpha value is -1.43. The number of ether oxygens (including phenoxy) is 2. The van der Waals surface area contributed by atoms with E-state index in [1.165, 1.54) is 31.0 Å². The van der Waals surface area contributed by atoms with E-state index >= 15 is 0 Å². The lowest BCUT2D eigenvalue weighted by atomic mass is 10.5. The molecule has 0 atom stereocenters. The fourth-order valence-corrected chi connectivity index (χ4v) is 1.14. The first-order valence-electron chi connectivity index (χ1n) is 4.85. The van der Waals surface area contributed by atoms with Gasteiger partial charge in [0.15, 0.2) is 0 Å². The van der Waals surface area contributed by atoms with E-state index in [4.69, 9.17) is 4.74 Å². The van der Waals surface area contributed by atoms with Crippen molar-refractivity contribution in [2.45, 2.75) is 19.6 Å². The summed E-state index contributed by atoms with van der Waals surface area (Å²) in [6, 6.07) is 0. The first-order chi connectivity index (χ1) is 7.29. The van der Waals surface area contributed by atoms with Gasteiger partial charge < -0.3 is 9.47 Å². The Morgan fingerprint density at radius 2 is 2.47 bits per heavy atom. The standard InChI is InChI=1S/C9H13N3O3/c1-14-9(13)8-10-5-12(11-8)6-15-4-7-2-3-7/h5,7H,2-4,6H2,1H3. The molecule has 0 unspecified atom stereocenters. The van der Waals surface area contributed by atoms with Crippen LogP contribution in [0.15, 0.2) is 6.33 Å². The largest absolute Gasteiger partial charge is 0.463 e. The Morgan fingerprint density at radius 3 is 3.13 bits per heavy atom. The zero-order valence-electron chi connectivity index (χ0n) is 8.55. The highest BCUT2D eigenvalue weighted by Crippen LogP contribution is 2.28. The maximum Gasteiger partial charge on any atom is 0.377 e. The third kappa shape index (κ3) is 2.76. The smallest absolute Gasteiger partial charge is 0.377 e. The monoisotopic (exact) mass is 211 g/mol. The van der Waals surface area contributed by atoms with Gasteiger partial charge in [0.1, 0.15) is 13.1 Å². The molecule has 1 fully saturated rings. The number of methoxy groups -OCH3 is 1. The van der Waals surface area contributed by atoms with E-state index < -0.39 is 5.97 Å². The highest BCUT2D eigenvalue weighted by atomic mass is 16.5. The summed E-state index contributed by atoms with van der Waals surface area (Å²) in [5.74, 6) is 0.247. The second kappa shape index (κ2) is 4.39. The van der Waals surface area contributed by atoms with E-state index in [-0.39, 0.29) is 5.82 Å². The second-order valence-corrected chi connectivity index (χ2v) is 3.54. The molecule has 0 amide bonds. The topological polar surface area (TPSA) is 66.2 Å². The summed E-state index contributed by atoms with van der Waals surface area (Å²) in [5.41, 5.74) is 0. The summed E-state index contributed by atoms with van der Waals surface area (Å²) in [6.45, 7) is 1.09. The Morgan fingerprint density at radius 1 is 1.67 bits per heavy atom. The molecule has 0 saturated heterocycles. The van der Waals surface area contributed by atoms with Gasteiger partial charge in [-0.2, -0.15) is 0 Å². The molecule has 0 spiro atoms. The van der Waals surface area contributed by atoms with Crippen molar-refractivity contribution in [2.24, 2.45) is 5.92 Å². The highest BCUT2D eigenvalue weighted by molar-refractivity contribution is 5.84. The minimum atomic E-state index is -0.532. The summed E-state index contributed by atoms with van der Waals surface area (Å²) in [6.07, 6.45) is 3.97. The molecular weight excluding hydrogens is 198 g/mol.